The fourth-order valence-electron chi connectivity index (χ4n) is 5.17. The van der Waals surface area contributed by atoms with E-state index in [1.165, 1.54) is 0 Å². The predicted octanol–water partition coefficient (Wildman–Crippen LogP) is 0.436. The van der Waals surface area contributed by atoms with Crippen LogP contribution in [0.15, 0.2) is 0 Å². The van der Waals surface area contributed by atoms with Gasteiger partial charge in [0.2, 0.25) is 0 Å². The number of hydrogen-bond donors (Lipinski definition) is 3. The van der Waals surface area contributed by atoms with Gasteiger partial charge >= 0.3 is 0 Å². The van der Waals surface area contributed by atoms with Crippen LogP contribution in [0.3, 0.4) is 0 Å². The molecule has 0 aromatic heterocycles. The van der Waals surface area contributed by atoms with E-state index in [2.05, 4.69) is 0 Å². The summed E-state index contributed by atoms with van der Waals surface area (Å²) in [5.41, 5.74) is 0. The number of aliphatic hydroxyl groups excluding tert-OH is 3. The zero-order valence-electron chi connectivity index (χ0n) is 22.1. The van der Waals surface area contributed by atoms with Crippen molar-refractivity contribution in [3.8, 4) is 0 Å². The largest absolute Gasteiger partial charge is 0.389 e. The summed E-state index contributed by atoms with van der Waals surface area (Å²) < 4.78 is 23.8. The van der Waals surface area contributed by atoms with E-state index in [1.807, 2.05) is 0 Å². The molecule has 13 atom stereocenters. The Hall–Kier alpha value is -1.60. The molecule has 2 rings (SSSR count). The molecule has 2 fully saturated rings. The SMILES string of the molecule is CCC1O[C@H](OC(C(C)C)C(O)[C@H](CC)O[C@H]2OC(CC=O)[C@@H](C=O)C(C)C2C=O)C(C=O)C(O)[C@@H]1O. The number of aliphatic hydroxyl groups is 3. The topological polar surface area (TPSA) is 166 Å². The van der Waals surface area contributed by atoms with E-state index in [1.54, 1.807) is 34.6 Å². The Bertz CT molecular complexity index is 744. The standard InChI is InChI=1S/C26H42O11/c1-6-18-22(32)21(31)17(12-30)26(34-18)37-24(13(3)4)23(33)19(7-2)35-25-16(11-29)14(5)15(10-28)20(36-25)8-9-27/h9-26,31-33H,6-8H2,1-5H3/t14?,15-,16?,17?,18?,19-,20?,21?,22+,23?,24?,25-,26+/m0/s1. The van der Waals surface area contributed by atoms with Gasteiger partial charge in [-0.05, 0) is 24.7 Å². The molecule has 2 aliphatic rings. The highest BCUT2D eigenvalue weighted by molar-refractivity contribution is 5.62. The zero-order valence-corrected chi connectivity index (χ0v) is 22.1. The third-order valence-electron chi connectivity index (χ3n) is 7.59. The summed E-state index contributed by atoms with van der Waals surface area (Å²) in [4.78, 5) is 46.4. The number of carbonyl (C=O) groups is 4. The molecule has 3 N–H and O–H groups in total. The average molecular weight is 531 g/mol. The van der Waals surface area contributed by atoms with Gasteiger partial charge < -0.3 is 53.4 Å². The molecular formula is C26H42O11. The maximum absolute atomic E-state index is 11.9. The number of carbonyl (C=O) groups excluding carboxylic acids is 4. The highest BCUT2D eigenvalue weighted by Crippen LogP contribution is 2.37. The molecule has 11 heteroatoms. The molecule has 2 aliphatic heterocycles. The van der Waals surface area contributed by atoms with Crippen molar-refractivity contribution in [2.45, 2.75) is 109 Å². The van der Waals surface area contributed by atoms with Crippen LogP contribution in [-0.2, 0) is 38.1 Å². The van der Waals surface area contributed by atoms with Gasteiger partial charge in [-0.1, -0.05) is 34.6 Å². The summed E-state index contributed by atoms with van der Waals surface area (Å²) in [6, 6.07) is 0. The second kappa shape index (κ2) is 14.5. The van der Waals surface area contributed by atoms with Gasteiger partial charge in [0, 0.05) is 12.3 Å². The molecule has 2 heterocycles. The van der Waals surface area contributed by atoms with Crippen molar-refractivity contribution in [3.05, 3.63) is 0 Å². The highest BCUT2D eigenvalue weighted by atomic mass is 16.7. The lowest BCUT2D eigenvalue weighted by Gasteiger charge is -2.45. The Morgan fingerprint density at radius 2 is 1.41 bits per heavy atom. The molecule has 0 saturated carbocycles. The smallest absolute Gasteiger partial charge is 0.170 e. The zero-order chi connectivity index (χ0) is 27.9. The normalized spacial score (nSPS) is 38.9. The van der Waals surface area contributed by atoms with Gasteiger partial charge in [-0.2, -0.15) is 0 Å². The predicted molar refractivity (Wildman–Crippen MR) is 129 cm³/mol. The molecule has 0 spiro atoms. The number of rotatable bonds is 14. The van der Waals surface area contributed by atoms with Gasteiger partial charge in [0.1, 0.15) is 37.4 Å². The lowest BCUT2D eigenvalue weighted by Crippen LogP contribution is -2.58. The van der Waals surface area contributed by atoms with Crippen LogP contribution in [0.2, 0.25) is 0 Å². The lowest BCUT2D eigenvalue weighted by atomic mass is 9.77. The molecule has 0 radical (unpaired) electrons. The van der Waals surface area contributed by atoms with Crippen LogP contribution in [0.1, 0.15) is 53.9 Å². The summed E-state index contributed by atoms with van der Waals surface area (Å²) in [6.07, 6.45) is -6.48. The molecule has 0 aliphatic carbocycles. The van der Waals surface area contributed by atoms with Crippen LogP contribution in [0.4, 0.5) is 0 Å². The monoisotopic (exact) mass is 530 g/mol. The Kier molecular flexibility index (Phi) is 12.4. The fourth-order valence-corrected chi connectivity index (χ4v) is 5.17. The minimum Gasteiger partial charge on any atom is -0.389 e. The van der Waals surface area contributed by atoms with Crippen molar-refractivity contribution in [1.29, 1.82) is 0 Å². The van der Waals surface area contributed by atoms with Crippen molar-refractivity contribution in [2.75, 3.05) is 0 Å². The van der Waals surface area contributed by atoms with Gasteiger partial charge in [-0.15, -0.1) is 0 Å². The first-order valence-electron chi connectivity index (χ1n) is 13.0. The fraction of sp³-hybridized carbons (Fsp3) is 0.846. The molecule has 0 amide bonds. The summed E-state index contributed by atoms with van der Waals surface area (Å²) in [7, 11) is 0. The summed E-state index contributed by atoms with van der Waals surface area (Å²) >= 11 is 0. The van der Waals surface area contributed by atoms with E-state index >= 15 is 0 Å². The Morgan fingerprint density at radius 1 is 0.838 bits per heavy atom. The van der Waals surface area contributed by atoms with Crippen LogP contribution < -0.4 is 0 Å². The maximum atomic E-state index is 11.9. The molecule has 212 valence electrons. The third-order valence-corrected chi connectivity index (χ3v) is 7.59. The second-order valence-corrected chi connectivity index (χ2v) is 10.3. The van der Waals surface area contributed by atoms with E-state index in [4.69, 9.17) is 18.9 Å². The van der Waals surface area contributed by atoms with E-state index in [0.29, 0.717) is 38.0 Å². The van der Waals surface area contributed by atoms with E-state index < -0.39 is 79.0 Å². The van der Waals surface area contributed by atoms with Gasteiger partial charge in [0.05, 0.1) is 42.4 Å². The van der Waals surface area contributed by atoms with E-state index in [9.17, 15) is 34.5 Å². The Balaban J connectivity index is 2.25. The van der Waals surface area contributed by atoms with Crippen molar-refractivity contribution in [1.82, 2.24) is 0 Å². The minimum atomic E-state index is -1.39. The second-order valence-electron chi connectivity index (χ2n) is 10.3. The van der Waals surface area contributed by atoms with E-state index in [0.717, 1.165) is 0 Å². The van der Waals surface area contributed by atoms with Crippen LogP contribution >= 0.6 is 0 Å². The number of aldehydes is 4. The van der Waals surface area contributed by atoms with Crippen molar-refractivity contribution in [2.24, 2.45) is 29.6 Å². The van der Waals surface area contributed by atoms with Crippen LogP contribution in [0, 0.1) is 29.6 Å². The molecular weight excluding hydrogens is 488 g/mol. The molecule has 0 aromatic carbocycles. The molecule has 0 bridgehead atoms. The third kappa shape index (κ3) is 7.08. The molecule has 0 aromatic rings. The quantitative estimate of drug-likeness (QED) is 0.267. The number of hydrogen-bond acceptors (Lipinski definition) is 11. The van der Waals surface area contributed by atoms with Gasteiger partial charge in [-0.25, -0.2) is 0 Å². The first-order chi connectivity index (χ1) is 17.6. The molecule has 8 unspecified atom stereocenters. The van der Waals surface area contributed by atoms with E-state index in [-0.39, 0.29) is 12.3 Å². The first-order valence-corrected chi connectivity index (χ1v) is 13.0. The van der Waals surface area contributed by atoms with Crippen LogP contribution in [-0.4, -0.2) is 95.8 Å². The van der Waals surface area contributed by atoms with Gasteiger partial charge in [0.15, 0.2) is 12.6 Å². The Labute approximate surface area is 217 Å². The molecule has 2 saturated heterocycles. The molecule has 37 heavy (non-hydrogen) atoms. The van der Waals surface area contributed by atoms with Gasteiger partial charge in [0.25, 0.3) is 0 Å². The van der Waals surface area contributed by atoms with Crippen LogP contribution in [0.25, 0.3) is 0 Å². The van der Waals surface area contributed by atoms with Crippen LogP contribution in [0.5, 0.6) is 0 Å². The minimum absolute atomic E-state index is 0.0465. The number of ether oxygens (including phenoxy) is 4. The van der Waals surface area contributed by atoms with Crippen molar-refractivity contribution >= 4 is 25.1 Å². The molecule has 11 nitrogen and oxygen atoms in total. The summed E-state index contributed by atoms with van der Waals surface area (Å²) in [5.74, 6) is -3.37. The maximum Gasteiger partial charge on any atom is 0.170 e. The Morgan fingerprint density at radius 3 is 1.89 bits per heavy atom. The van der Waals surface area contributed by atoms with Gasteiger partial charge in [-0.3, -0.25) is 0 Å². The summed E-state index contributed by atoms with van der Waals surface area (Å²) in [6.45, 7) is 8.84. The average Bonchev–Trinajstić information content (AvgIpc) is 2.87. The first kappa shape index (κ1) is 31.6. The van der Waals surface area contributed by atoms with Crippen molar-refractivity contribution in [3.63, 3.8) is 0 Å². The van der Waals surface area contributed by atoms with Crippen molar-refractivity contribution < 1.29 is 53.4 Å². The summed E-state index contributed by atoms with van der Waals surface area (Å²) in [5, 5.41) is 32.0. The lowest BCUT2D eigenvalue weighted by molar-refractivity contribution is -0.308. The highest BCUT2D eigenvalue weighted by Gasteiger charge is 2.48.